The molecule has 1 amide bonds. The summed E-state index contributed by atoms with van der Waals surface area (Å²) in [5.41, 5.74) is 10.0. The highest BCUT2D eigenvalue weighted by Crippen LogP contribution is 2.03. The largest absolute Gasteiger partial charge is 0.392 e. The van der Waals surface area contributed by atoms with E-state index in [0.29, 0.717) is 0 Å². The molecular weight excluding hydrogens is 226 g/mol. The van der Waals surface area contributed by atoms with Crippen molar-refractivity contribution in [2.45, 2.75) is 18.6 Å². The molecule has 0 bridgehead atoms. The van der Waals surface area contributed by atoms with Gasteiger partial charge < -0.3 is 11.5 Å². The zero-order valence-corrected chi connectivity index (χ0v) is 9.32. The van der Waals surface area contributed by atoms with Gasteiger partial charge in [-0.1, -0.05) is 19.1 Å². The fraction of sp³-hybridized carbons (Fsp3) is 0.667. The summed E-state index contributed by atoms with van der Waals surface area (Å²) in [4.78, 5) is 10.2. The Morgan fingerprint density at radius 1 is 1.50 bits per heavy atom. The zero-order valence-electron chi connectivity index (χ0n) is 7.69. The van der Waals surface area contributed by atoms with Crippen LogP contribution in [0, 0.1) is 0 Å². The summed E-state index contributed by atoms with van der Waals surface area (Å²) < 4.78 is 24.9. The molecule has 14 heavy (non-hydrogen) atoms. The second-order valence-corrected chi connectivity index (χ2v) is 5.05. The molecule has 1 atom stereocenters. The molecule has 0 aliphatic rings. The van der Waals surface area contributed by atoms with Crippen LogP contribution in [-0.4, -0.2) is 31.1 Å². The van der Waals surface area contributed by atoms with Crippen LogP contribution in [0.2, 0.25) is 0 Å². The van der Waals surface area contributed by atoms with Gasteiger partial charge in [-0.3, -0.25) is 4.79 Å². The van der Waals surface area contributed by atoms with E-state index < -0.39 is 27.7 Å². The fourth-order valence-corrected chi connectivity index (χ4v) is 2.68. The number of sulfonamides is 1. The Labute approximate surface area is 88.1 Å². The molecular formula is C6H13N3O3S2. The quantitative estimate of drug-likeness (QED) is 0.486. The Hall–Kier alpha value is -0.730. The number of hydrogen-bond acceptors (Lipinski definition) is 4. The van der Waals surface area contributed by atoms with Gasteiger partial charge in [0.2, 0.25) is 15.9 Å². The summed E-state index contributed by atoms with van der Waals surface area (Å²) in [6.45, 7) is 1.19. The van der Waals surface area contributed by atoms with E-state index in [0.717, 1.165) is 0 Å². The number of carbonyl (C=O) groups is 1. The van der Waals surface area contributed by atoms with Gasteiger partial charge in [0.05, 0.1) is 11.5 Å². The minimum atomic E-state index is -3.68. The van der Waals surface area contributed by atoms with Gasteiger partial charge in [-0.25, -0.2) is 13.1 Å². The predicted molar refractivity (Wildman–Crippen MR) is 57.0 cm³/mol. The lowest BCUT2D eigenvalue weighted by molar-refractivity contribution is -0.116. The lowest BCUT2D eigenvalue weighted by Crippen LogP contribution is -2.44. The van der Waals surface area contributed by atoms with Crippen LogP contribution in [0.1, 0.15) is 13.3 Å². The van der Waals surface area contributed by atoms with E-state index in [2.05, 4.69) is 12.2 Å². The molecule has 0 saturated carbocycles. The molecule has 0 rings (SSSR count). The first kappa shape index (κ1) is 13.3. The highest BCUT2D eigenvalue weighted by atomic mass is 32.2. The Bertz CT molecular complexity index is 325. The second-order valence-electron chi connectivity index (χ2n) is 2.63. The molecule has 0 spiro atoms. The average molecular weight is 239 g/mol. The molecule has 0 aromatic carbocycles. The monoisotopic (exact) mass is 239 g/mol. The third kappa shape index (κ3) is 3.99. The Balaban J connectivity index is 4.59. The number of amides is 1. The minimum Gasteiger partial charge on any atom is -0.392 e. The van der Waals surface area contributed by atoms with Crippen molar-refractivity contribution in [2.24, 2.45) is 11.5 Å². The van der Waals surface area contributed by atoms with Crippen LogP contribution in [0.15, 0.2) is 0 Å². The van der Waals surface area contributed by atoms with Gasteiger partial charge >= 0.3 is 0 Å². The van der Waals surface area contributed by atoms with Gasteiger partial charge in [0.1, 0.15) is 5.25 Å². The van der Waals surface area contributed by atoms with Gasteiger partial charge in [-0.05, 0) is 6.42 Å². The van der Waals surface area contributed by atoms with E-state index in [1.54, 1.807) is 6.92 Å². The van der Waals surface area contributed by atoms with Gasteiger partial charge in [0.15, 0.2) is 0 Å². The van der Waals surface area contributed by atoms with E-state index >= 15 is 0 Å². The summed E-state index contributed by atoms with van der Waals surface area (Å²) in [6.07, 6.45) is 0.253. The Morgan fingerprint density at radius 2 is 2.00 bits per heavy atom. The summed E-state index contributed by atoms with van der Waals surface area (Å²) >= 11 is 4.59. The highest BCUT2D eigenvalue weighted by molar-refractivity contribution is 7.93. The van der Waals surface area contributed by atoms with Crippen LogP contribution in [0.5, 0.6) is 0 Å². The molecule has 0 aliphatic heterocycles. The van der Waals surface area contributed by atoms with Crippen molar-refractivity contribution in [2.75, 3.05) is 6.54 Å². The van der Waals surface area contributed by atoms with Crippen LogP contribution < -0.4 is 16.2 Å². The van der Waals surface area contributed by atoms with Crippen LogP contribution in [-0.2, 0) is 14.8 Å². The summed E-state index contributed by atoms with van der Waals surface area (Å²) in [6, 6.07) is 0. The highest BCUT2D eigenvalue weighted by Gasteiger charge is 2.26. The minimum absolute atomic E-state index is 0.121. The smallest absolute Gasteiger partial charge is 0.232 e. The summed E-state index contributed by atoms with van der Waals surface area (Å²) in [5, 5.41) is -0.961. The van der Waals surface area contributed by atoms with Crippen LogP contribution in [0.4, 0.5) is 0 Å². The van der Waals surface area contributed by atoms with Gasteiger partial charge in [-0.2, -0.15) is 0 Å². The van der Waals surface area contributed by atoms with E-state index in [1.165, 1.54) is 0 Å². The third-order valence-corrected chi connectivity index (χ3v) is 3.83. The van der Waals surface area contributed by atoms with Crippen LogP contribution in [0.25, 0.3) is 0 Å². The SMILES string of the molecule is CCC(C(N)=S)S(=O)(=O)NCC(N)=O. The third-order valence-electron chi connectivity index (χ3n) is 1.51. The van der Waals surface area contributed by atoms with E-state index in [1.807, 2.05) is 4.72 Å². The standard InChI is InChI=1S/C6H13N3O3S2/c1-2-4(6(8)13)14(11,12)9-3-5(7)10/h4,9H,2-3H2,1H3,(H2,7,10)(H2,8,13). The number of primary amides is 1. The predicted octanol–water partition coefficient (Wildman–Crippen LogP) is -1.54. The number of carbonyl (C=O) groups excluding carboxylic acids is 1. The topological polar surface area (TPSA) is 115 Å². The van der Waals surface area contributed by atoms with Crippen molar-refractivity contribution in [3.63, 3.8) is 0 Å². The maximum absolute atomic E-state index is 11.4. The summed E-state index contributed by atoms with van der Waals surface area (Å²) in [7, 11) is -3.68. The normalized spacial score (nSPS) is 13.5. The molecule has 0 aliphatic carbocycles. The number of thiocarbonyl (C=S) groups is 1. The molecule has 6 nitrogen and oxygen atoms in total. The van der Waals surface area contributed by atoms with Crippen LogP contribution in [0.3, 0.4) is 0 Å². The maximum atomic E-state index is 11.4. The zero-order chi connectivity index (χ0) is 11.4. The van der Waals surface area contributed by atoms with Crippen molar-refractivity contribution >= 4 is 33.1 Å². The number of hydrogen-bond donors (Lipinski definition) is 3. The van der Waals surface area contributed by atoms with Crippen molar-refractivity contribution in [1.82, 2.24) is 4.72 Å². The molecule has 0 fully saturated rings. The molecule has 0 aromatic heterocycles. The van der Waals surface area contributed by atoms with Crippen LogP contribution >= 0.6 is 12.2 Å². The first-order valence-electron chi connectivity index (χ1n) is 3.87. The van der Waals surface area contributed by atoms with E-state index in [4.69, 9.17) is 11.5 Å². The first-order valence-corrected chi connectivity index (χ1v) is 5.82. The number of nitrogens with one attached hydrogen (secondary N) is 1. The molecule has 0 radical (unpaired) electrons. The second kappa shape index (κ2) is 5.23. The molecule has 0 aromatic rings. The number of rotatable bonds is 6. The lowest BCUT2D eigenvalue weighted by Gasteiger charge is -2.14. The molecule has 1 unspecified atom stereocenters. The van der Waals surface area contributed by atoms with Gasteiger partial charge in [0.25, 0.3) is 0 Å². The molecule has 5 N–H and O–H groups in total. The van der Waals surface area contributed by atoms with Crippen molar-refractivity contribution in [3.8, 4) is 0 Å². The van der Waals surface area contributed by atoms with E-state index in [-0.39, 0.29) is 11.4 Å². The molecule has 82 valence electrons. The summed E-state index contributed by atoms with van der Waals surface area (Å²) in [5.74, 6) is -0.758. The fourth-order valence-electron chi connectivity index (χ4n) is 0.846. The Kier molecular flexibility index (Phi) is 4.95. The number of nitrogens with two attached hydrogens (primary N) is 2. The van der Waals surface area contributed by atoms with Crippen molar-refractivity contribution in [3.05, 3.63) is 0 Å². The maximum Gasteiger partial charge on any atom is 0.232 e. The first-order chi connectivity index (χ1) is 6.31. The van der Waals surface area contributed by atoms with Gasteiger partial charge in [-0.15, -0.1) is 0 Å². The lowest BCUT2D eigenvalue weighted by atomic mass is 10.3. The van der Waals surface area contributed by atoms with Gasteiger partial charge in [0, 0.05) is 0 Å². The molecule has 0 saturated heterocycles. The molecule has 0 heterocycles. The molecule has 8 heteroatoms. The van der Waals surface area contributed by atoms with E-state index in [9.17, 15) is 13.2 Å². The van der Waals surface area contributed by atoms with Crippen molar-refractivity contribution in [1.29, 1.82) is 0 Å². The Morgan fingerprint density at radius 3 is 2.29 bits per heavy atom. The van der Waals surface area contributed by atoms with Crippen molar-refractivity contribution < 1.29 is 13.2 Å². The average Bonchev–Trinajstić information content (AvgIpc) is 2.01.